The van der Waals surface area contributed by atoms with Gasteiger partial charge in [0.15, 0.2) is 5.13 Å². The zero-order chi connectivity index (χ0) is 25.6. The van der Waals surface area contributed by atoms with Crippen LogP contribution in [-0.2, 0) is 14.4 Å². The number of amides is 3. The van der Waals surface area contributed by atoms with Gasteiger partial charge in [0.25, 0.3) is 0 Å². The molecule has 0 fully saturated rings. The SMILES string of the molecule is Cc1ccc([C@H](C(=O)NC(C)(C)C)N(C(=O)CCC(=O)Nc2nccs2)c2ccccc2C)cc1. The van der Waals surface area contributed by atoms with Crippen LogP contribution < -0.4 is 15.5 Å². The van der Waals surface area contributed by atoms with Crippen LogP contribution in [0.4, 0.5) is 10.8 Å². The second-order valence-corrected chi connectivity index (χ2v) is 10.4. The zero-order valence-corrected chi connectivity index (χ0v) is 21.6. The van der Waals surface area contributed by atoms with Crippen molar-refractivity contribution in [2.75, 3.05) is 10.2 Å². The minimum Gasteiger partial charge on any atom is -0.349 e. The van der Waals surface area contributed by atoms with Gasteiger partial charge in [-0.2, -0.15) is 0 Å². The molecule has 1 heterocycles. The van der Waals surface area contributed by atoms with Crippen molar-refractivity contribution < 1.29 is 14.4 Å². The maximum Gasteiger partial charge on any atom is 0.248 e. The molecule has 35 heavy (non-hydrogen) atoms. The third kappa shape index (κ3) is 7.23. The minimum atomic E-state index is -0.898. The molecular formula is C27H32N4O3S. The number of hydrogen-bond donors (Lipinski definition) is 2. The molecule has 0 aliphatic rings. The summed E-state index contributed by atoms with van der Waals surface area (Å²) in [5, 5.41) is 7.99. The monoisotopic (exact) mass is 492 g/mol. The quantitative estimate of drug-likeness (QED) is 0.454. The van der Waals surface area contributed by atoms with Crippen LogP contribution in [0, 0.1) is 13.8 Å². The highest BCUT2D eigenvalue weighted by molar-refractivity contribution is 7.13. The van der Waals surface area contributed by atoms with E-state index in [0.717, 1.165) is 11.1 Å². The zero-order valence-electron chi connectivity index (χ0n) is 20.8. The van der Waals surface area contributed by atoms with Crippen LogP contribution >= 0.6 is 11.3 Å². The number of aromatic nitrogens is 1. The summed E-state index contributed by atoms with van der Waals surface area (Å²) in [5.41, 5.74) is 2.74. The Balaban J connectivity index is 1.97. The van der Waals surface area contributed by atoms with Crippen molar-refractivity contribution >= 4 is 39.9 Å². The van der Waals surface area contributed by atoms with Crippen molar-refractivity contribution in [2.24, 2.45) is 0 Å². The number of para-hydroxylation sites is 1. The van der Waals surface area contributed by atoms with Gasteiger partial charge in [-0.1, -0.05) is 48.0 Å². The number of thiazole rings is 1. The fourth-order valence-corrected chi connectivity index (χ4v) is 4.21. The van der Waals surface area contributed by atoms with Crippen molar-refractivity contribution in [3.8, 4) is 0 Å². The van der Waals surface area contributed by atoms with E-state index in [9.17, 15) is 14.4 Å². The van der Waals surface area contributed by atoms with Gasteiger partial charge in [-0.05, 0) is 51.8 Å². The molecular weight excluding hydrogens is 460 g/mol. The minimum absolute atomic E-state index is 0.0255. The summed E-state index contributed by atoms with van der Waals surface area (Å²) in [6.07, 6.45) is 1.52. The first-order valence-corrected chi connectivity index (χ1v) is 12.4. The number of nitrogens with one attached hydrogen (secondary N) is 2. The summed E-state index contributed by atoms with van der Waals surface area (Å²) >= 11 is 1.31. The maximum absolute atomic E-state index is 13.7. The van der Waals surface area contributed by atoms with Gasteiger partial charge in [0.2, 0.25) is 17.7 Å². The second-order valence-electron chi connectivity index (χ2n) is 9.49. The number of anilines is 2. The highest BCUT2D eigenvalue weighted by Gasteiger charge is 2.35. The summed E-state index contributed by atoms with van der Waals surface area (Å²) in [6, 6.07) is 14.2. The average Bonchev–Trinajstić information content (AvgIpc) is 3.29. The van der Waals surface area contributed by atoms with E-state index in [1.165, 1.54) is 16.2 Å². The molecule has 3 rings (SSSR count). The van der Waals surface area contributed by atoms with Gasteiger partial charge >= 0.3 is 0 Å². The van der Waals surface area contributed by atoms with E-state index < -0.39 is 11.6 Å². The lowest BCUT2D eigenvalue weighted by Gasteiger charge is -2.34. The predicted octanol–water partition coefficient (Wildman–Crippen LogP) is 5.17. The van der Waals surface area contributed by atoms with Gasteiger partial charge in [0, 0.05) is 35.6 Å². The first kappa shape index (κ1) is 26.1. The molecule has 184 valence electrons. The fraction of sp³-hybridized carbons (Fsp3) is 0.333. The highest BCUT2D eigenvalue weighted by atomic mass is 32.1. The summed E-state index contributed by atoms with van der Waals surface area (Å²) in [4.78, 5) is 45.4. The molecule has 0 saturated heterocycles. The van der Waals surface area contributed by atoms with E-state index in [0.29, 0.717) is 16.4 Å². The normalized spacial score (nSPS) is 12.0. The van der Waals surface area contributed by atoms with Gasteiger partial charge in [-0.3, -0.25) is 19.3 Å². The number of carbonyl (C=O) groups excluding carboxylic acids is 3. The Hall–Kier alpha value is -3.52. The number of benzene rings is 2. The van der Waals surface area contributed by atoms with E-state index in [2.05, 4.69) is 15.6 Å². The first-order chi connectivity index (χ1) is 16.5. The molecule has 0 saturated carbocycles. The molecule has 3 amide bonds. The molecule has 0 spiro atoms. The van der Waals surface area contributed by atoms with E-state index >= 15 is 0 Å². The van der Waals surface area contributed by atoms with Crippen molar-refractivity contribution in [2.45, 2.75) is 59.0 Å². The highest BCUT2D eigenvalue weighted by Crippen LogP contribution is 2.32. The maximum atomic E-state index is 13.7. The molecule has 8 heteroatoms. The number of carbonyl (C=O) groups is 3. The number of nitrogens with zero attached hydrogens (tertiary/aromatic N) is 2. The third-order valence-corrected chi connectivity index (χ3v) is 5.97. The smallest absolute Gasteiger partial charge is 0.248 e. The molecule has 7 nitrogen and oxygen atoms in total. The van der Waals surface area contributed by atoms with Crippen LogP contribution in [0.5, 0.6) is 0 Å². The van der Waals surface area contributed by atoms with E-state index in [1.807, 2.05) is 83.1 Å². The molecule has 0 aliphatic carbocycles. The standard InChI is InChI=1S/C27H32N4O3S/c1-18-10-12-20(13-11-18)24(25(34)30-27(3,4)5)31(21-9-7-6-8-19(21)2)23(33)15-14-22(32)29-26-28-16-17-35-26/h6-13,16-17,24H,14-15H2,1-5H3,(H,30,34)(H,28,29,32)/t24-/m1/s1. The van der Waals surface area contributed by atoms with Crippen LogP contribution in [-0.4, -0.2) is 28.2 Å². The Kier molecular flexibility index (Phi) is 8.40. The largest absolute Gasteiger partial charge is 0.349 e. The molecule has 1 atom stereocenters. The molecule has 0 aliphatic heterocycles. The van der Waals surface area contributed by atoms with Gasteiger partial charge in [-0.15, -0.1) is 11.3 Å². The average molecular weight is 493 g/mol. The lowest BCUT2D eigenvalue weighted by atomic mass is 9.98. The molecule has 2 aromatic carbocycles. The predicted molar refractivity (Wildman–Crippen MR) is 140 cm³/mol. The molecule has 0 unspecified atom stereocenters. The summed E-state index contributed by atoms with van der Waals surface area (Å²) in [7, 11) is 0. The van der Waals surface area contributed by atoms with E-state index in [1.54, 1.807) is 11.6 Å². The Morgan fingerprint density at radius 2 is 1.69 bits per heavy atom. The molecule has 1 aromatic heterocycles. The van der Waals surface area contributed by atoms with Gasteiger partial charge in [0.1, 0.15) is 6.04 Å². The summed E-state index contributed by atoms with van der Waals surface area (Å²) in [5.74, 6) is -0.905. The lowest BCUT2D eigenvalue weighted by Crippen LogP contribution is -2.49. The molecule has 3 aromatic rings. The van der Waals surface area contributed by atoms with Gasteiger partial charge in [0.05, 0.1) is 0 Å². The topological polar surface area (TPSA) is 91.4 Å². The molecule has 0 bridgehead atoms. The van der Waals surface area contributed by atoms with Crippen LogP contribution in [0.25, 0.3) is 0 Å². The van der Waals surface area contributed by atoms with Gasteiger partial charge in [-0.25, -0.2) is 4.98 Å². The molecule has 0 radical (unpaired) electrons. The van der Waals surface area contributed by atoms with E-state index in [-0.39, 0.29) is 30.6 Å². The van der Waals surface area contributed by atoms with Crippen LogP contribution in [0.1, 0.15) is 56.3 Å². The third-order valence-electron chi connectivity index (χ3n) is 5.29. The van der Waals surface area contributed by atoms with Crippen LogP contribution in [0.15, 0.2) is 60.1 Å². The first-order valence-electron chi connectivity index (χ1n) is 11.5. The van der Waals surface area contributed by atoms with Gasteiger partial charge < -0.3 is 10.6 Å². The Labute approximate surface area is 210 Å². The number of rotatable bonds is 8. The van der Waals surface area contributed by atoms with Crippen molar-refractivity contribution in [1.82, 2.24) is 10.3 Å². The van der Waals surface area contributed by atoms with Crippen molar-refractivity contribution in [3.05, 3.63) is 76.8 Å². The Morgan fingerprint density at radius 1 is 1.00 bits per heavy atom. The summed E-state index contributed by atoms with van der Waals surface area (Å²) < 4.78 is 0. The second kappa shape index (κ2) is 11.3. The fourth-order valence-electron chi connectivity index (χ4n) is 3.66. The van der Waals surface area contributed by atoms with Crippen LogP contribution in [0.3, 0.4) is 0 Å². The summed E-state index contributed by atoms with van der Waals surface area (Å²) in [6.45, 7) is 9.58. The Morgan fingerprint density at radius 3 is 2.29 bits per heavy atom. The van der Waals surface area contributed by atoms with Crippen molar-refractivity contribution in [1.29, 1.82) is 0 Å². The van der Waals surface area contributed by atoms with Crippen molar-refractivity contribution in [3.63, 3.8) is 0 Å². The number of aryl methyl sites for hydroxylation is 2. The van der Waals surface area contributed by atoms with Crippen LogP contribution in [0.2, 0.25) is 0 Å². The Bertz CT molecular complexity index is 1170. The number of hydrogen-bond acceptors (Lipinski definition) is 5. The van der Waals surface area contributed by atoms with E-state index in [4.69, 9.17) is 0 Å². The molecule has 2 N–H and O–H groups in total. The lowest BCUT2D eigenvalue weighted by molar-refractivity contribution is -0.128.